The normalized spacial score (nSPS) is 11.4. The van der Waals surface area contributed by atoms with E-state index in [1.165, 1.54) is 13.8 Å². The molecule has 88 valence electrons. The molecule has 0 heterocycles. The molecule has 0 unspecified atom stereocenters. The molecule has 2 aromatic carbocycles. The number of rotatable bonds is 3. The van der Waals surface area contributed by atoms with Gasteiger partial charge in [-0.1, -0.05) is 30.3 Å². The van der Waals surface area contributed by atoms with Crippen molar-refractivity contribution in [2.75, 3.05) is 0 Å². The summed E-state index contributed by atoms with van der Waals surface area (Å²) in [7, 11) is 0. The number of carboxylic acids is 1. The summed E-state index contributed by atoms with van der Waals surface area (Å²) in [5, 5.41) is 11.1. The van der Waals surface area contributed by atoms with Gasteiger partial charge in [0, 0.05) is 0 Å². The van der Waals surface area contributed by atoms with E-state index < -0.39 is 11.6 Å². The molecule has 0 saturated heterocycles. The molecule has 0 fully saturated rings. The lowest BCUT2D eigenvalue weighted by Crippen LogP contribution is -2.37. The molecule has 0 atom stereocenters. The second-order valence-electron chi connectivity index (χ2n) is 4.43. The van der Waals surface area contributed by atoms with Gasteiger partial charge in [-0.2, -0.15) is 0 Å². The summed E-state index contributed by atoms with van der Waals surface area (Å²) >= 11 is 0. The van der Waals surface area contributed by atoms with Crippen molar-refractivity contribution in [3.05, 3.63) is 42.5 Å². The van der Waals surface area contributed by atoms with Crippen molar-refractivity contribution >= 4 is 16.7 Å². The van der Waals surface area contributed by atoms with E-state index in [0.717, 1.165) is 10.8 Å². The van der Waals surface area contributed by atoms with E-state index in [2.05, 4.69) is 0 Å². The zero-order valence-corrected chi connectivity index (χ0v) is 9.81. The molecule has 2 rings (SSSR count). The third-order valence-corrected chi connectivity index (χ3v) is 2.61. The predicted octanol–water partition coefficient (Wildman–Crippen LogP) is 3.08. The first kappa shape index (κ1) is 11.5. The first-order valence-corrected chi connectivity index (χ1v) is 5.40. The van der Waals surface area contributed by atoms with Crippen LogP contribution in [0.25, 0.3) is 10.8 Å². The van der Waals surface area contributed by atoms with Crippen molar-refractivity contribution in [2.24, 2.45) is 0 Å². The van der Waals surface area contributed by atoms with E-state index in [9.17, 15) is 4.79 Å². The van der Waals surface area contributed by atoms with Gasteiger partial charge in [0.05, 0.1) is 0 Å². The number of fused-ring (bicyclic) bond motifs is 1. The first-order chi connectivity index (χ1) is 7.99. The SMILES string of the molecule is CC(C)(Oc1ccc2ccccc2c1)C(=O)O. The van der Waals surface area contributed by atoms with E-state index in [1.807, 2.05) is 36.4 Å². The molecule has 1 N–H and O–H groups in total. The Hall–Kier alpha value is -2.03. The van der Waals surface area contributed by atoms with Crippen LogP contribution in [0.3, 0.4) is 0 Å². The zero-order chi connectivity index (χ0) is 12.5. The highest BCUT2D eigenvalue weighted by Crippen LogP contribution is 2.24. The lowest BCUT2D eigenvalue weighted by molar-refractivity contribution is -0.152. The van der Waals surface area contributed by atoms with Crippen LogP contribution >= 0.6 is 0 Å². The Morgan fingerprint density at radius 1 is 1.12 bits per heavy atom. The molecular formula is C14H14O3. The molecule has 0 aromatic heterocycles. The van der Waals surface area contributed by atoms with Crippen molar-refractivity contribution in [1.29, 1.82) is 0 Å². The average molecular weight is 230 g/mol. The van der Waals surface area contributed by atoms with E-state index in [1.54, 1.807) is 6.07 Å². The van der Waals surface area contributed by atoms with Crippen LogP contribution in [0.2, 0.25) is 0 Å². The van der Waals surface area contributed by atoms with Crippen molar-refractivity contribution < 1.29 is 14.6 Å². The van der Waals surface area contributed by atoms with Crippen LogP contribution in [-0.2, 0) is 4.79 Å². The van der Waals surface area contributed by atoms with E-state index in [-0.39, 0.29) is 0 Å². The number of ether oxygens (including phenoxy) is 1. The summed E-state index contributed by atoms with van der Waals surface area (Å²) in [6.45, 7) is 3.06. The summed E-state index contributed by atoms with van der Waals surface area (Å²) in [5.41, 5.74) is -1.22. The quantitative estimate of drug-likeness (QED) is 0.881. The van der Waals surface area contributed by atoms with Gasteiger partial charge in [0.1, 0.15) is 5.75 Å². The molecule has 0 spiro atoms. The van der Waals surface area contributed by atoms with Gasteiger partial charge < -0.3 is 9.84 Å². The van der Waals surface area contributed by atoms with Gasteiger partial charge in [0.25, 0.3) is 0 Å². The number of hydrogen-bond donors (Lipinski definition) is 1. The Morgan fingerprint density at radius 2 is 1.76 bits per heavy atom. The largest absolute Gasteiger partial charge is 0.478 e. The molecule has 2 aromatic rings. The predicted molar refractivity (Wildman–Crippen MR) is 66.3 cm³/mol. The fourth-order valence-corrected chi connectivity index (χ4v) is 1.57. The highest BCUT2D eigenvalue weighted by molar-refractivity contribution is 5.84. The van der Waals surface area contributed by atoms with Gasteiger partial charge in [-0.15, -0.1) is 0 Å². The van der Waals surface area contributed by atoms with Crippen LogP contribution in [0.4, 0.5) is 0 Å². The zero-order valence-electron chi connectivity index (χ0n) is 9.81. The number of benzene rings is 2. The van der Waals surface area contributed by atoms with Crippen LogP contribution in [0.5, 0.6) is 5.75 Å². The number of hydrogen-bond acceptors (Lipinski definition) is 2. The standard InChI is InChI=1S/C14H14O3/c1-14(2,13(15)16)17-12-8-7-10-5-3-4-6-11(10)9-12/h3-9H,1-2H3,(H,15,16). The maximum absolute atomic E-state index is 11.0. The van der Waals surface area contributed by atoms with Crippen LogP contribution in [-0.4, -0.2) is 16.7 Å². The Morgan fingerprint density at radius 3 is 2.41 bits per heavy atom. The molecule has 3 heteroatoms. The van der Waals surface area contributed by atoms with Crippen LogP contribution < -0.4 is 4.74 Å². The summed E-state index contributed by atoms with van der Waals surface area (Å²) in [5.74, 6) is -0.415. The van der Waals surface area contributed by atoms with Crippen molar-refractivity contribution in [3.8, 4) is 5.75 Å². The van der Waals surface area contributed by atoms with E-state index in [4.69, 9.17) is 9.84 Å². The first-order valence-electron chi connectivity index (χ1n) is 5.40. The molecule has 0 aliphatic carbocycles. The van der Waals surface area contributed by atoms with Crippen LogP contribution in [0.15, 0.2) is 42.5 Å². The molecule has 0 radical (unpaired) electrons. The second kappa shape index (κ2) is 4.09. The molecule has 0 aliphatic rings. The summed E-state index contributed by atoms with van der Waals surface area (Å²) < 4.78 is 5.47. The summed E-state index contributed by atoms with van der Waals surface area (Å²) in [6, 6.07) is 13.4. The van der Waals surface area contributed by atoms with Gasteiger partial charge in [0.2, 0.25) is 0 Å². The topological polar surface area (TPSA) is 46.5 Å². The Kier molecular flexibility index (Phi) is 2.76. The van der Waals surface area contributed by atoms with Gasteiger partial charge in [-0.05, 0) is 36.8 Å². The van der Waals surface area contributed by atoms with Crippen LogP contribution in [0.1, 0.15) is 13.8 Å². The minimum absolute atomic E-state index is 0.566. The second-order valence-corrected chi connectivity index (χ2v) is 4.43. The Bertz CT molecular complexity index is 558. The van der Waals surface area contributed by atoms with Gasteiger partial charge in [-0.3, -0.25) is 0 Å². The smallest absolute Gasteiger partial charge is 0.347 e. The van der Waals surface area contributed by atoms with Crippen molar-refractivity contribution in [3.63, 3.8) is 0 Å². The Balaban J connectivity index is 2.34. The van der Waals surface area contributed by atoms with Crippen molar-refractivity contribution in [1.82, 2.24) is 0 Å². The maximum atomic E-state index is 11.0. The number of carbonyl (C=O) groups is 1. The minimum Gasteiger partial charge on any atom is -0.478 e. The number of carboxylic acid groups (broad SMARTS) is 1. The Labute approximate surface area is 99.6 Å². The van der Waals surface area contributed by atoms with Gasteiger partial charge >= 0.3 is 5.97 Å². The molecule has 0 saturated carbocycles. The molecule has 0 amide bonds. The third kappa shape index (κ3) is 2.38. The van der Waals surface area contributed by atoms with Crippen molar-refractivity contribution in [2.45, 2.75) is 19.4 Å². The van der Waals surface area contributed by atoms with Crippen LogP contribution in [0, 0.1) is 0 Å². The lowest BCUT2D eigenvalue weighted by atomic mass is 10.1. The fraction of sp³-hybridized carbons (Fsp3) is 0.214. The summed E-state index contributed by atoms with van der Waals surface area (Å²) in [6.07, 6.45) is 0. The molecule has 17 heavy (non-hydrogen) atoms. The molecule has 3 nitrogen and oxygen atoms in total. The highest BCUT2D eigenvalue weighted by atomic mass is 16.5. The van der Waals surface area contributed by atoms with E-state index >= 15 is 0 Å². The summed E-state index contributed by atoms with van der Waals surface area (Å²) in [4.78, 5) is 11.0. The monoisotopic (exact) mass is 230 g/mol. The molecule has 0 aliphatic heterocycles. The van der Waals surface area contributed by atoms with Gasteiger partial charge in [-0.25, -0.2) is 4.79 Å². The highest BCUT2D eigenvalue weighted by Gasteiger charge is 2.29. The lowest BCUT2D eigenvalue weighted by Gasteiger charge is -2.21. The third-order valence-electron chi connectivity index (χ3n) is 2.61. The fourth-order valence-electron chi connectivity index (χ4n) is 1.57. The number of aliphatic carboxylic acids is 1. The maximum Gasteiger partial charge on any atom is 0.347 e. The molecule has 0 bridgehead atoms. The van der Waals surface area contributed by atoms with Gasteiger partial charge in [0.15, 0.2) is 5.60 Å². The minimum atomic E-state index is -1.22. The average Bonchev–Trinajstić information content (AvgIpc) is 2.28. The molecular weight excluding hydrogens is 216 g/mol. The van der Waals surface area contributed by atoms with E-state index in [0.29, 0.717) is 5.75 Å².